The van der Waals surface area contributed by atoms with E-state index in [0.717, 1.165) is 19.3 Å². The topological polar surface area (TPSA) is 68.3 Å². The van der Waals surface area contributed by atoms with Crippen molar-refractivity contribution in [2.75, 3.05) is 6.61 Å². The highest BCUT2D eigenvalue weighted by Crippen LogP contribution is 2.36. The molecule has 2 atom stereocenters. The molecule has 1 aliphatic rings. The molecule has 2 rings (SSSR count). The fourth-order valence-corrected chi connectivity index (χ4v) is 3.41. The van der Waals surface area contributed by atoms with Crippen molar-refractivity contribution in [1.82, 2.24) is 10.3 Å². The zero-order valence-electron chi connectivity index (χ0n) is 12.9. The Morgan fingerprint density at radius 3 is 2.46 bits per heavy atom. The van der Waals surface area contributed by atoms with Gasteiger partial charge in [0.2, 0.25) is 0 Å². The Bertz CT molecular complexity index is 654. The second-order valence-corrected chi connectivity index (χ2v) is 7.20. The third-order valence-electron chi connectivity index (χ3n) is 3.97. The maximum Gasteiger partial charge on any atom is 0.359 e. The van der Waals surface area contributed by atoms with Gasteiger partial charge in [0, 0.05) is 6.04 Å². The molecule has 0 saturated heterocycles. The predicted molar refractivity (Wildman–Crippen MR) is 94.1 cm³/mol. The second-order valence-electron chi connectivity index (χ2n) is 5.71. The number of ether oxygens (including phenoxy) is 1. The molecule has 0 aliphatic heterocycles. The monoisotopic (exact) mass is 412 g/mol. The summed E-state index contributed by atoms with van der Waals surface area (Å²) in [5, 5.41) is 2.40. The minimum Gasteiger partial charge on any atom is -0.451 e. The molecule has 132 valence electrons. The van der Waals surface area contributed by atoms with Gasteiger partial charge in [0.05, 0.1) is 15.1 Å². The van der Waals surface area contributed by atoms with Crippen molar-refractivity contribution in [2.24, 2.45) is 5.92 Å². The molecule has 0 bridgehead atoms. The van der Waals surface area contributed by atoms with Crippen LogP contribution >= 0.6 is 46.4 Å². The van der Waals surface area contributed by atoms with Gasteiger partial charge in [0.1, 0.15) is 5.15 Å². The molecule has 24 heavy (non-hydrogen) atoms. The average Bonchev–Trinajstić information content (AvgIpc) is 2.56. The molecular formula is C15H16Cl4N2O3. The number of nitrogens with one attached hydrogen (secondary N) is 1. The maximum absolute atomic E-state index is 12.0. The van der Waals surface area contributed by atoms with Gasteiger partial charge >= 0.3 is 5.97 Å². The summed E-state index contributed by atoms with van der Waals surface area (Å²) in [4.78, 5) is 27.7. The van der Waals surface area contributed by atoms with E-state index in [-0.39, 0.29) is 37.9 Å². The fraction of sp³-hybridized carbons (Fsp3) is 0.533. The van der Waals surface area contributed by atoms with E-state index in [9.17, 15) is 9.59 Å². The van der Waals surface area contributed by atoms with Crippen LogP contribution < -0.4 is 5.32 Å². The van der Waals surface area contributed by atoms with Gasteiger partial charge in [0.15, 0.2) is 12.3 Å². The third-order valence-corrected chi connectivity index (χ3v) is 5.65. The van der Waals surface area contributed by atoms with Gasteiger partial charge in [-0.25, -0.2) is 9.78 Å². The largest absolute Gasteiger partial charge is 0.451 e. The molecule has 1 aromatic rings. The Kier molecular flexibility index (Phi) is 6.99. The maximum atomic E-state index is 12.0. The van der Waals surface area contributed by atoms with Crippen molar-refractivity contribution >= 4 is 58.3 Å². The van der Waals surface area contributed by atoms with Gasteiger partial charge in [-0.2, -0.15) is 0 Å². The number of pyridine rings is 1. The number of halogens is 4. The number of amides is 1. The summed E-state index contributed by atoms with van der Waals surface area (Å²) in [7, 11) is 0. The van der Waals surface area contributed by atoms with Crippen LogP contribution in [0.5, 0.6) is 0 Å². The molecule has 0 unspecified atom stereocenters. The van der Waals surface area contributed by atoms with Gasteiger partial charge in [0.25, 0.3) is 5.91 Å². The number of carbonyl (C=O) groups is 2. The molecule has 0 radical (unpaired) electrons. The molecular weight excluding hydrogens is 398 g/mol. The van der Waals surface area contributed by atoms with Gasteiger partial charge in [-0.3, -0.25) is 4.79 Å². The Labute approximate surface area is 159 Å². The van der Waals surface area contributed by atoms with E-state index in [0.29, 0.717) is 5.92 Å². The Balaban J connectivity index is 1.94. The Hall–Kier alpha value is -0.750. The van der Waals surface area contributed by atoms with Crippen molar-refractivity contribution in [1.29, 1.82) is 0 Å². The van der Waals surface area contributed by atoms with Crippen molar-refractivity contribution in [3.05, 3.63) is 25.9 Å². The molecule has 9 heteroatoms. The van der Waals surface area contributed by atoms with E-state index in [1.807, 2.05) is 0 Å². The van der Waals surface area contributed by atoms with E-state index in [1.165, 1.54) is 6.42 Å². The lowest BCUT2D eigenvalue weighted by Gasteiger charge is -2.29. The molecule has 1 fully saturated rings. The number of nitrogens with zero attached hydrogens (tertiary/aromatic N) is 1. The zero-order valence-corrected chi connectivity index (χ0v) is 15.9. The van der Waals surface area contributed by atoms with E-state index >= 15 is 0 Å². The summed E-state index contributed by atoms with van der Waals surface area (Å²) in [6.45, 7) is 1.66. The third kappa shape index (κ3) is 4.66. The van der Waals surface area contributed by atoms with Crippen molar-refractivity contribution in [2.45, 2.75) is 38.6 Å². The molecule has 5 nitrogen and oxygen atoms in total. The summed E-state index contributed by atoms with van der Waals surface area (Å²) >= 11 is 23.3. The lowest BCUT2D eigenvalue weighted by Crippen LogP contribution is -2.42. The van der Waals surface area contributed by atoms with Gasteiger partial charge in [-0.15, -0.1) is 0 Å². The van der Waals surface area contributed by atoms with Crippen LogP contribution in [0.1, 0.15) is 43.1 Å². The summed E-state index contributed by atoms with van der Waals surface area (Å²) in [5.74, 6) is -0.861. The van der Waals surface area contributed by atoms with E-state index < -0.39 is 12.6 Å². The van der Waals surface area contributed by atoms with Crippen LogP contribution in [-0.4, -0.2) is 29.5 Å². The fourth-order valence-electron chi connectivity index (χ4n) is 2.60. The first kappa shape index (κ1) is 19.6. The van der Waals surface area contributed by atoms with Crippen LogP contribution in [0, 0.1) is 5.92 Å². The van der Waals surface area contributed by atoms with Crippen LogP contribution in [0.25, 0.3) is 0 Å². The molecule has 1 N–H and O–H groups in total. The number of hydrogen-bond acceptors (Lipinski definition) is 4. The first-order valence-corrected chi connectivity index (χ1v) is 8.99. The van der Waals surface area contributed by atoms with E-state index in [4.69, 9.17) is 51.1 Å². The molecule has 1 amide bonds. The number of hydrogen-bond donors (Lipinski definition) is 1. The summed E-state index contributed by atoms with van der Waals surface area (Å²) < 4.78 is 4.94. The Morgan fingerprint density at radius 2 is 1.79 bits per heavy atom. The van der Waals surface area contributed by atoms with Gasteiger partial charge in [-0.1, -0.05) is 66.2 Å². The highest BCUT2D eigenvalue weighted by atomic mass is 35.5. The number of rotatable bonds is 4. The first-order valence-electron chi connectivity index (χ1n) is 7.47. The van der Waals surface area contributed by atoms with E-state index in [1.54, 1.807) is 0 Å². The molecule has 0 aromatic carbocycles. The molecule has 1 aliphatic carbocycles. The summed E-state index contributed by atoms with van der Waals surface area (Å²) in [6.07, 6.45) is 4.25. The molecule has 1 saturated carbocycles. The standard InChI is InChI=1S/C15H16Cl4N2O3/c1-7-4-2-3-5-8(7)20-9(22)6-24-15(23)13-11(17)10(16)12(18)14(19)21-13/h7-8H,2-6H2,1H3,(H,20,22)/t7-,8-/m1/s1. The minimum atomic E-state index is -0.896. The van der Waals surface area contributed by atoms with Gasteiger partial charge in [-0.05, 0) is 18.8 Å². The van der Waals surface area contributed by atoms with Crippen LogP contribution in [0.4, 0.5) is 0 Å². The lowest BCUT2D eigenvalue weighted by molar-refractivity contribution is -0.125. The number of aromatic nitrogens is 1. The van der Waals surface area contributed by atoms with Crippen LogP contribution in [-0.2, 0) is 9.53 Å². The highest BCUT2D eigenvalue weighted by molar-refractivity contribution is 6.52. The van der Waals surface area contributed by atoms with Crippen molar-refractivity contribution in [3.63, 3.8) is 0 Å². The summed E-state index contributed by atoms with van der Waals surface area (Å²) in [6, 6.07) is 0.103. The lowest BCUT2D eigenvalue weighted by atomic mass is 9.86. The minimum absolute atomic E-state index is 0.0519. The van der Waals surface area contributed by atoms with Crippen LogP contribution in [0.15, 0.2) is 0 Å². The smallest absolute Gasteiger partial charge is 0.359 e. The first-order chi connectivity index (χ1) is 11.3. The van der Waals surface area contributed by atoms with Crippen molar-refractivity contribution < 1.29 is 14.3 Å². The second kappa shape index (κ2) is 8.56. The zero-order chi connectivity index (χ0) is 17.9. The number of carbonyl (C=O) groups excluding carboxylic acids is 2. The normalized spacial score (nSPS) is 20.5. The predicted octanol–water partition coefficient (Wildman–Crippen LogP) is 4.55. The Morgan fingerprint density at radius 1 is 1.12 bits per heavy atom. The molecule has 1 aromatic heterocycles. The van der Waals surface area contributed by atoms with E-state index in [2.05, 4.69) is 17.2 Å². The SMILES string of the molecule is C[C@@H]1CCCC[C@H]1NC(=O)COC(=O)c1nc(Cl)c(Cl)c(Cl)c1Cl. The summed E-state index contributed by atoms with van der Waals surface area (Å²) in [5.41, 5.74) is -0.282. The molecule has 1 heterocycles. The number of esters is 1. The average molecular weight is 414 g/mol. The quantitative estimate of drug-likeness (QED) is 0.580. The van der Waals surface area contributed by atoms with Crippen molar-refractivity contribution in [3.8, 4) is 0 Å². The molecule has 0 spiro atoms. The van der Waals surface area contributed by atoms with Crippen LogP contribution in [0.2, 0.25) is 20.2 Å². The van der Waals surface area contributed by atoms with Crippen LogP contribution in [0.3, 0.4) is 0 Å². The highest BCUT2D eigenvalue weighted by Gasteiger charge is 2.25. The van der Waals surface area contributed by atoms with Gasteiger partial charge < -0.3 is 10.1 Å².